The van der Waals surface area contributed by atoms with E-state index in [4.69, 9.17) is 5.11 Å². The molecule has 0 aromatic heterocycles. The van der Waals surface area contributed by atoms with Crippen LogP contribution in [0.2, 0.25) is 0 Å². The minimum absolute atomic E-state index is 0.135. The maximum atomic E-state index is 12.4. The van der Waals surface area contributed by atoms with Gasteiger partial charge in [0.25, 0.3) is 6.10 Å². The Hall–Kier alpha value is -2.05. The summed E-state index contributed by atoms with van der Waals surface area (Å²) >= 11 is 0. The summed E-state index contributed by atoms with van der Waals surface area (Å²) in [5.41, 5.74) is 0.345. The van der Waals surface area contributed by atoms with Gasteiger partial charge in [0.05, 0.1) is 0 Å². The van der Waals surface area contributed by atoms with E-state index < -0.39 is 18.2 Å². The Morgan fingerprint density at radius 1 is 1.25 bits per heavy atom. The molecule has 0 fully saturated rings. The molecule has 1 rings (SSSR count). The first-order valence-electron chi connectivity index (χ1n) is 5.85. The number of carbonyl (C=O) groups excluding carboxylic acids is 1. The number of carboxylic acids is 1. The highest BCUT2D eigenvalue weighted by Gasteiger charge is 2.47. The molecule has 1 atom stereocenters. The van der Waals surface area contributed by atoms with E-state index in [1.165, 1.54) is 12.1 Å². The van der Waals surface area contributed by atoms with Crippen LogP contribution in [0.25, 0.3) is 0 Å². The number of halogens is 3. The normalized spacial score (nSPS) is 12.8. The maximum Gasteiger partial charge on any atom is 0.436 e. The fourth-order valence-electron chi connectivity index (χ4n) is 1.48. The monoisotopic (exact) mass is 290 g/mol. The number of ether oxygens (including phenoxy) is 1. The first kappa shape index (κ1) is 16.0. The van der Waals surface area contributed by atoms with Crippen LogP contribution in [0, 0.1) is 0 Å². The van der Waals surface area contributed by atoms with E-state index in [-0.39, 0.29) is 11.5 Å². The highest BCUT2D eigenvalue weighted by atomic mass is 19.4. The molecule has 0 saturated heterocycles. The molecule has 1 unspecified atom stereocenters. The fraction of sp³-hybridized carbons (Fsp3) is 0.385. The fourth-order valence-corrected chi connectivity index (χ4v) is 1.48. The second kappa shape index (κ2) is 6.40. The van der Waals surface area contributed by atoms with Crippen molar-refractivity contribution in [2.45, 2.75) is 32.0 Å². The molecule has 0 spiro atoms. The van der Waals surface area contributed by atoms with Crippen molar-refractivity contribution in [1.82, 2.24) is 0 Å². The van der Waals surface area contributed by atoms with Crippen molar-refractivity contribution in [2.24, 2.45) is 0 Å². The summed E-state index contributed by atoms with van der Waals surface area (Å²) in [6.07, 6.45) is -6.95. The molecule has 1 aromatic rings. The lowest BCUT2D eigenvalue weighted by molar-refractivity contribution is -0.207. The maximum absolute atomic E-state index is 12.4. The molecule has 0 aliphatic heterocycles. The number of alkyl halides is 3. The molecular weight excluding hydrogens is 277 g/mol. The number of benzene rings is 1. The van der Waals surface area contributed by atoms with Gasteiger partial charge in [-0.25, -0.2) is 4.79 Å². The lowest BCUT2D eigenvalue weighted by Gasteiger charge is -2.17. The van der Waals surface area contributed by atoms with Gasteiger partial charge in [-0.05, 0) is 30.7 Å². The Bertz CT molecular complexity index is 479. The van der Waals surface area contributed by atoms with Gasteiger partial charge in [-0.15, -0.1) is 0 Å². The summed E-state index contributed by atoms with van der Waals surface area (Å²) < 4.78 is 41.6. The van der Waals surface area contributed by atoms with E-state index >= 15 is 0 Å². The van der Waals surface area contributed by atoms with E-state index in [0.29, 0.717) is 18.4 Å². The third kappa shape index (κ3) is 4.25. The minimum atomic E-state index is -5.01. The third-order valence-electron chi connectivity index (χ3n) is 2.43. The molecule has 1 aromatic carbocycles. The van der Waals surface area contributed by atoms with Gasteiger partial charge in [-0.2, -0.15) is 13.2 Å². The van der Waals surface area contributed by atoms with Crippen molar-refractivity contribution in [3.05, 3.63) is 29.8 Å². The highest BCUT2D eigenvalue weighted by molar-refractivity contribution is 5.96. The lowest BCUT2D eigenvalue weighted by atomic mass is 10.1. The highest BCUT2D eigenvalue weighted by Crippen LogP contribution is 2.25. The predicted molar refractivity (Wildman–Crippen MR) is 63.8 cm³/mol. The van der Waals surface area contributed by atoms with Gasteiger partial charge < -0.3 is 9.84 Å². The van der Waals surface area contributed by atoms with Crippen LogP contribution in [0.3, 0.4) is 0 Å². The molecule has 110 valence electrons. The molecule has 0 heterocycles. The third-order valence-corrected chi connectivity index (χ3v) is 2.43. The Balaban J connectivity index is 2.83. The predicted octanol–water partition coefficient (Wildman–Crippen LogP) is 3.06. The van der Waals surface area contributed by atoms with Gasteiger partial charge >= 0.3 is 12.1 Å². The van der Waals surface area contributed by atoms with Crippen LogP contribution in [0.5, 0.6) is 5.75 Å². The number of aliphatic carboxylic acids is 1. The molecule has 20 heavy (non-hydrogen) atoms. The summed E-state index contributed by atoms with van der Waals surface area (Å²) in [6.45, 7) is 1.83. The van der Waals surface area contributed by atoms with Crippen LogP contribution in [-0.4, -0.2) is 29.1 Å². The number of ketones is 1. The average Bonchev–Trinajstić information content (AvgIpc) is 2.35. The molecular formula is C13H13F3O4. The van der Waals surface area contributed by atoms with E-state index in [1.54, 1.807) is 0 Å². The molecule has 0 aliphatic rings. The zero-order valence-electron chi connectivity index (χ0n) is 10.6. The topological polar surface area (TPSA) is 63.6 Å². The van der Waals surface area contributed by atoms with Gasteiger partial charge in [0.2, 0.25) is 0 Å². The average molecular weight is 290 g/mol. The van der Waals surface area contributed by atoms with E-state index in [2.05, 4.69) is 4.74 Å². The van der Waals surface area contributed by atoms with Crippen LogP contribution in [0.1, 0.15) is 30.1 Å². The van der Waals surface area contributed by atoms with Crippen molar-refractivity contribution >= 4 is 11.8 Å². The van der Waals surface area contributed by atoms with Crippen LogP contribution in [0.4, 0.5) is 13.2 Å². The zero-order valence-corrected chi connectivity index (χ0v) is 10.6. The number of hydrogen-bond acceptors (Lipinski definition) is 3. The first-order chi connectivity index (χ1) is 9.25. The van der Waals surface area contributed by atoms with Gasteiger partial charge in [0.1, 0.15) is 5.75 Å². The zero-order chi connectivity index (χ0) is 15.3. The van der Waals surface area contributed by atoms with Crippen LogP contribution < -0.4 is 4.74 Å². The Morgan fingerprint density at radius 2 is 1.80 bits per heavy atom. The first-order valence-corrected chi connectivity index (χ1v) is 5.85. The molecule has 0 amide bonds. The Kier molecular flexibility index (Phi) is 5.12. The van der Waals surface area contributed by atoms with Crippen LogP contribution in [-0.2, 0) is 4.79 Å². The second-order valence-corrected chi connectivity index (χ2v) is 4.08. The largest absolute Gasteiger partial charge is 0.478 e. The van der Waals surface area contributed by atoms with E-state index in [9.17, 15) is 22.8 Å². The summed E-state index contributed by atoms with van der Waals surface area (Å²) in [5, 5.41) is 8.48. The van der Waals surface area contributed by atoms with E-state index in [0.717, 1.165) is 12.1 Å². The van der Waals surface area contributed by atoms with Crippen LogP contribution >= 0.6 is 0 Å². The number of carboxylic acid groups (broad SMARTS) is 1. The second-order valence-electron chi connectivity index (χ2n) is 4.08. The molecule has 0 aliphatic carbocycles. The van der Waals surface area contributed by atoms with Crippen molar-refractivity contribution in [1.29, 1.82) is 0 Å². The SMILES string of the molecule is CCCC(=O)c1ccc(OC(C(=O)O)C(F)(F)F)cc1. The summed E-state index contributed by atoms with van der Waals surface area (Å²) in [4.78, 5) is 22.0. The summed E-state index contributed by atoms with van der Waals surface area (Å²) in [6, 6.07) is 4.90. The standard InChI is InChI=1S/C13H13F3O4/c1-2-3-10(17)8-4-6-9(7-5-8)20-11(12(18)19)13(14,15)16/h4-7,11H,2-3H2,1H3,(H,18,19). The van der Waals surface area contributed by atoms with Crippen molar-refractivity contribution < 1.29 is 32.6 Å². The van der Waals surface area contributed by atoms with Gasteiger partial charge in [0.15, 0.2) is 5.78 Å². The molecule has 4 nitrogen and oxygen atoms in total. The van der Waals surface area contributed by atoms with Crippen LogP contribution in [0.15, 0.2) is 24.3 Å². The minimum Gasteiger partial charge on any atom is -0.478 e. The van der Waals surface area contributed by atoms with Gasteiger partial charge in [-0.1, -0.05) is 6.92 Å². The van der Waals surface area contributed by atoms with E-state index in [1.807, 2.05) is 6.92 Å². The lowest BCUT2D eigenvalue weighted by Crippen LogP contribution is -2.41. The van der Waals surface area contributed by atoms with Crippen molar-refractivity contribution in [2.75, 3.05) is 0 Å². The van der Waals surface area contributed by atoms with Gasteiger partial charge in [-0.3, -0.25) is 4.79 Å². The smallest absolute Gasteiger partial charge is 0.436 e. The molecule has 0 saturated carbocycles. The quantitative estimate of drug-likeness (QED) is 0.818. The van der Waals surface area contributed by atoms with Gasteiger partial charge in [0, 0.05) is 12.0 Å². The Morgan fingerprint density at radius 3 is 2.20 bits per heavy atom. The molecule has 0 bridgehead atoms. The van der Waals surface area contributed by atoms with Crippen molar-refractivity contribution in [3.8, 4) is 5.75 Å². The number of rotatable bonds is 6. The molecule has 7 heteroatoms. The molecule has 0 radical (unpaired) electrons. The number of carbonyl (C=O) groups is 2. The van der Waals surface area contributed by atoms with Crippen molar-refractivity contribution in [3.63, 3.8) is 0 Å². The summed E-state index contributed by atoms with van der Waals surface area (Å²) in [7, 11) is 0. The number of hydrogen-bond donors (Lipinski definition) is 1. The Labute approximate surface area is 113 Å². The summed E-state index contributed by atoms with van der Waals surface area (Å²) in [5.74, 6) is -2.52. The molecule has 1 N–H and O–H groups in total. The number of Topliss-reactive ketones (excluding diaryl/α,β-unsaturated/α-hetero) is 1.